The minimum absolute atomic E-state index is 0.330. The first-order chi connectivity index (χ1) is 10.0. The predicted molar refractivity (Wildman–Crippen MR) is 86.0 cm³/mol. The van der Waals surface area contributed by atoms with E-state index in [1.54, 1.807) is 25.1 Å². The van der Waals surface area contributed by atoms with E-state index in [4.69, 9.17) is 10.5 Å². The Hall–Kier alpha value is -2.49. The van der Waals surface area contributed by atoms with Crippen molar-refractivity contribution in [2.75, 3.05) is 17.7 Å². The van der Waals surface area contributed by atoms with Crippen LogP contribution in [0.5, 0.6) is 0 Å². The lowest BCUT2D eigenvalue weighted by molar-refractivity contribution is 0.0527. The first-order valence-corrected chi connectivity index (χ1v) is 6.93. The molecule has 21 heavy (non-hydrogen) atoms. The van der Waals surface area contributed by atoms with Crippen molar-refractivity contribution in [3.63, 3.8) is 0 Å². The number of nitrogens with one attached hydrogen (secondary N) is 1. The molecule has 0 fully saturated rings. The van der Waals surface area contributed by atoms with Gasteiger partial charge in [0.25, 0.3) is 0 Å². The van der Waals surface area contributed by atoms with E-state index in [-0.39, 0.29) is 5.97 Å². The number of para-hydroxylation sites is 1. The van der Waals surface area contributed by atoms with Gasteiger partial charge in [-0.3, -0.25) is 0 Å². The van der Waals surface area contributed by atoms with E-state index in [0.717, 1.165) is 11.3 Å². The number of anilines is 3. The molecule has 0 spiro atoms. The zero-order chi connectivity index (χ0) is 15.4. The second-order valence-electron chi connectivity index (χ2n) is 4.86. The molecule has 3 N–H and O–H groups in total. The zero-order valence-corrected chi connectivity index (χ0v) is 12.6. The number of carbonyl (C=O) groups excluding carboxylic acids is 1. The Bertz CT molecular complexity index is 666. The van der Waals surface area contributed by atoms with Gasteiger partial charge in [0.05, 0.1) is 23.5 Å². The van der Waals surface area contributed by atoms with Crippen molar-refractivity contribution in [2.45, 2.75) is 20.8 Å². The Kier molecular flexibility index (Phi) is 4.48. The molecule has 0 amide bonds. The maximum absolute atomic E-state index is 12.0. The number of hydrogen-bond donors (Lipinski definition) is 2. The number of ether oxygens (including phenoxy) is 1. The fraction of sp³-hybridized carbons (Fsp3) is 0.235. The van der Waals surface area contributed by atoms with Gasteiger partial charge in [-0.05, 0) is 50.1 Å². The fourth-order valence-corrected chi connectivity index (χ4v) is 2.11. The van der Waals surface area contributed by atoms with Crippen molar-refractivity contribution < 1.29 is 9.53 Å². The Morgan fingerprint density at radius 1 is 1.19 bits per heavy atom. The van der Waals surface area contributed by atoms with Gasteiger partial charge in [-0.1, -0.05) is 18.2 Å². The summed E-state index contributed by atoms with van der Waals surface area (Å²) in [4.78, 5) is 12.0. The molecule has 0 bridgehead atoms. The second-order valence-corrected chi connectivity index (χ2v) is 4.86. The van der Waals surface area contributed by atoms with Crippen molar-refractivity contribution in [2.24, 2.45) is 0 Å². The Morgan fingerprint density at radius 2 is 1.90 bits per heavy atom. The molecule has 0 aromatic heterocycles. The topological polar surface area (TPSA) is 64.3 Å². The maximum atomic E-state index is 12.0. The minimum Gasteiger partial charge on any atom is -0.462 e. The summed E-state index contributed by atoms with van der Waals surface area (Å²) in [6.45, 7) is 6.18. The molecule has 0 atom stereocenters. The summed E-state index contributed by atoms with van der Waals surface area (Å²) in [6, 6.07) is 11.2. The van der Waals surface area contributed by atoms with Crippen molar-refractivity contribution in [1.82, 2.24) is 0 Å². The average molecular weight is 284 g/mol. The SMILES string of the molecule is CCOC(=O)c1cccc(N)c1Nc1cccc(C)c1C. The van der Waals surface area contributed by atoms with Crippen molar-refractivity contribution >= 4 is 23.0 Å². The van der Waals surface area contributed by atoms with Crippen LogP contribution in [0.15, 0.2) is 36.4 Å². The van der Waals surface area contributed by atoms with Gasteiger partial charge in [0.2, 0.25) is 0 Å². The van der Waals surface area contributed by atoms with Crippen LogP contribution in [-0.2, 0) is 4.74 Å². The molecule has 2 aromatic rings. The van der Waals surface area contributed by atoms with Gasteiger partial charge in [0.15, 0.2) is 0 Å². The lowest BCUT2D eigenvalue weighted by atomic mass is 10.1. The van der Waals surface area contributed by atoms with Gasteiger partial charge in [0.1, 0.15) is 0 Å². The number of esters is 1. The maximum Gasteiger partial charge on any atom is 0.340 e. The van der Waals surface area contributed by atoms with Crippen LogP contribution in [0.25, 0.3) is 0 Å². The molecule has 4 heteroatoms. The van der Waals surface area contributed by atoms with Gasteiger partial charge in [0, 0.05) is 5.69 Å². The van der Waals surface area contributed by atoms with E-state index >= 15 is 0 Å². The van der Waals surface area contributed by atoms with Crippen LogP contribution in [0.2, 0.25) is 0 Å². The Labute approximate surface area is 124 Å². The molecule has 0 heterocycles. The lowest BCUT2D eigenvalue weighted by Gasteiger charge is -2.16. The zero-order valence-electron chi connectivity index (χ0n) is 12.6. The largest absolute Gasteiger partial charge is 0.462 e. The van der Waals surface area contributed by atoms with Gasteiger partial charge >= 0.3 is 5.97 Å². The van der Waals surface area contributed by atoms with Crippen LogP contribution in [0.3, 0.4) is 0 Å². The lowest BCUT2D eigenvalue weighted by Crippen LogP contribution is -2.10. The third-order valence-corrected chi connectivity index (χ3v) is 3.46. The predicted octanol–water partition coefficient (Wildman–Crippen LogP) is 3.81. The number of benzene rings is 2. The molecule has 0 saturated carbocycles. The van der Waals surface area contributed by atoms with Crippen LogP contribution in [0.1, 0.15) is 28.4 Å². The monoisotopic (exact) mass is 284 g/mol. The molecular weight excluding hydrogens is 264 g/mol. The molecule has 0 aliphatic heterocycles. The van der Waals surface area contributed by atoms with E-state index in [0.29, 0.717) is 23.5 Å². The van der Waals surface area contributed by atoms with E-state index in [9.17, 15) is 4.79 Å². The highest BCUT2D eigenvalue weighted by molar-refractivity contribution is 6.00. The molecule has 0 saturated heterocycles. The average Bonchev–Trinajstić information content (AvgIpc) is 2.46. The van der Waals surface area contributed by atoms with Gasteiger partial charge < -0.3 is 15.8 Å². The van der Waals surface area contributed by atoms with E-state index in [1.165, 1.54) is 5.56 Å². The third kappa shape index (κ3) is 3.16. The first kappa shape index (κ1) is 14.9. The van der Waals surface area contributed by atoms with E-state index in [1.807, 2.05) is 32.0 Å². The molecule has 0 aliphatic rings. The number of carbonyl (C=O) groups is 1. The van der Waals surface area contributed by atoms with Gasteiger partial charge in [-0.15, -0.1) is 0 Å². The third-order valence-electron chi connectivity index (χ3n) is 3.46. The summed E-state index contributed by atoms with van der Waals surface area (Å²) in [5.74, 6) is -0.377. The molecule has 4 nitrogen and oxygen atoms in total. The van der Waals surface area contributed by atoms with Gasteiger partial charge in [-0.25, -0.2) is 4.79 Å². The smallest absolute Gasteiger partial charge is 0.340 e. The Morgan fingerprint density at radius 3 is 2.62 bits per heavy atom. The van der Waals surface area contributed by atoms with Crippen LogP contribution in [0, 0.1) is 13.8 Å². The van der Waals surface area contributed by atoms with Crippen LogP contribution >= 0.6 is 0 Å². The summed E-state index contributed by atoms with van der Waals surface area (Å²) in [6.07, 6.45) is 0. The molecule has 0 aliphatic carbocycles. The molecule has 110 valence electrons. The minimum atomic E-state index is -0.377. The summed E-state index contributed by atoms with van der Waals surface area (Å²) < 4.78 is 5.08. The van der Waals surface area contributed by atoms with Crippen molar-refractivity contribution in [3.8, 4) is 0 Å². The number of nitrogen functional groups attached to an aromatic ring is 1. The molecular formula is C17H20N2O2. The van der Waals surface area contributed by atoms with Crippen LogP contribution in [0.4, 0.5) is 17.1 Å². The standard InChI is InChI=1S/C17H20N2O2/c1-4-21-17(20)13-8-6-9-14(18)16(13)19-15-10-5-7-11(2)12(15)3/h5-10,19H,4,18H2,1-3H3. The van der Waals surface area contributed by atoms with Gasteiger partial charge in [-0.2, -0.15) is 0 Å². The quantitative estimate of drug-likeness (QED) is 0.662. The highest BCUT2D eigenvalue weighted by atomic mass is 16.5. The van der Waals surface area contributed by atoms with Crippen LogP contribution < -0.4 is 11.1 Å². The molecule has 2 aromatic carbocycles. The summed E-state index contributed by atoms with van der Waals surface area (Å²) in [5, 5.41) is 3.26. The van der Waals surface area contributed by atoms with Crippen molar-refractivity contribution in [3.05, 3.63) is 53.1 Å². The second kappa shape index (κ2) is 6.31. The first-order valence-electron chi connectivity index (χ1n) is 6.93. The summed E-state index contributed by atoms with van der Waals surface area (Å²) >= 11 is 0. The van der Waals surface area contributed by atoms with Crippen LogP contribution in [-0.4, -0.2) is 12.6 Å². The molecule has 0 radical (unpaired) electrons. The number of aryl methyl sites for hydroxylation is 1. The molecule has 2 rings (SSSR count). The highest BCUT2D eigenvalue weighted by Gasteiger charge is 2.15. The fourth-order valence-electron chi connectivity index (χ4n) is 2.11. The van der Waals surface area contributed by atoms with E-state index in [2.05, 4.69) is 5.32 Å². The number of nitrogens with two attached hydrogens (primary N) is 1. The highest BCUT2D eigenvalue weighted by Crippen LogP contribution is 2.30. The number of rotatable bonds is 4. The normalized spacial score (nSPS) is 10.2. The van der Waals surface area contributed by atoms with E-state index < -0.39 is 0 Å². The molecule has 0 unspecified atom stereocenters. The van der Waals surface area contributed by atoms with Crippen molar-refractivity contribution in [1.29, 1.82) is 0 Å². The summed E-state index contributed by atoms with van der Waals surface area (Å²) in [5.41, 5.74) is 10.8. The number of hydrogen-bond acceptors (Lipinski definition) is 4. The summed E-state index contributed by atoms with van der Waals surface area (Å²) in [7, 11) is 0. The Balaban J connectivity index is 2.44.